The first-order valence-corrected chi connectivity index (χ1v) is 10.8. The molecule has 1 aliphatic rings. The summed E-state index contributed by atoms with van der Waals surface area (Å²) in [4.78, 5) is 2.60. The van der Waals surface area contributed by atoms with Gasteiger partial charge in [0.1, 0.15) is 0 Å². The summed E-state index contributed by atoms with van der Waals surface area (Å²) < 4.78 is 7.79. The first kappa shape index (κ1) is 17.8. The number of nitrogens with zero attached hydrogens (tertiary/aromatic N) is 4. The highest BCUT2D eigenvalue weighted by molar-refractivity contribution is 7.99. The molecule has 7 heteroatoms. The fourth-order valence-electron chi connectivity index (χ4n) is 3.40. The minimum absolute atomic E-state index is 0.364. The van der Waals surface area contributed by atoms with Crippen molar-refractivity contribution < 1.29 is 4.42 Å². The molecular weight excluding hydrogens is 364 g/mol. The summed E-state index contributed by atoms with van der Waals surface area (Å²) in [5.74, 6) is 2.25. The third-order valence-electron chi connectivity index (χ3n) is 5.03. The Labute approximate surface area is 162 Å². The summed E-state index contributed by atoms with van der Waals surface area (Å²) in [5, 5.41) is 13.3. The predicted octanol–water partition coefficient (Wildman–Crippen LogP) is 4.94. The summed E-state index contributed by atoms with van der Waals surface area (Å²) in [6.45, 7) is 7.87. The van der Waals surface area contributed by atoms with E-state index < -0.39 is 0 Å². The molecule has 1 aliphatic carbocycles. The van der Waals surface area contributed by atoms with E-state index in [9.17, 15) is 0 Å². The number of thioether (sulfide) groups is 1. The molecule has 0 fully saturated rings. The van der Waals surface area contributed by atoms with Gasteiger partial charge in [-0.3, -0.25) is 4.68 Å². The Hall–Kier alpha value is -1.60. The SMILES string of the molecule is CC(C)(C)[C@@H]1CCc2sc(-c3nnc(SCCn4cccn4)o3)cc2C1. The van der Waals surface area contributed by atoms with Crippen molar-refractivity contribution in [3.05, 3.63) is 35.0 Å². The van der Waals surface area contributed by atoms with Crippen LogP contribution in [0.5, 0.6) is 0 Å². The van der Waals surface area contributed by atoms with Crippen LogP contribution >= 0.6 is 23.1 Å². The highest BCUT2D eigenvalue weighted by atomic mass is 32.2. The van der Waals surface area contributed by atoms with Crippen LogP contribution in [0, 0.1) is 11.3 Å². The lowest BCUT2D eigenvalue weighted by molar-refractivity contribution is 0.217. The van der Waals surface area contributed by atoms with Crippen molar-refractivity contribution in [2.75, 3.05) is 5.75 Å². The Morgan fingerprint density at radius 2 is 2.23 bits per heavy atom. The van der Waals surface area contributed by atoms with E-state index in [1.807, 2.05) is 28.3 Å². The third kappa shape index (κ3) is 3.88. The second kappa shape index (κ2) is 7.19. The summed E-state index contributed by atoms with van der Waals surface area (Å²) in [7, 11) is 0. The zero-order chi connectivity index (χ0) is 18.1. The van der Waals surface area contributed by atoms with E-state index in [0.29, 0.717) is 16.5 Å². The topological polar surface area (TPSA) is 56.7 Å². The minimum Gasteiger partial charge on any atom is -0.410 e. The van der Waals surface area contributed by atoms with Gasteiger partial charge in [0, 0.05) is 23.0 Å². The van der Waals surface area contributed by atoms with Gasteiger partial charge in [0.25, 0.3) is 11.1 Å². The lowest BCUT2D eigenvalue weighted by Crippen LogP contribution is -2.26. The third-order valence-corrected chi connectivity index (χ3v) is 7.05. The molecule has 0 unspecified atom stereocenters. The van der Waals surface area contributed by atoms with Gasteiger partial charge in [-0.15, -0.1) is 21.5 Å². The van der Waals surface area contributed by atoms with Gasteiger partial charge in [-0.05, 0) is 48.3 Å². The Morgan fingerprint density at radius 3 is 3.00 bits per heavy atom. The molecule has 4 rings (SSSR count). The van der Waals surface area contributed by atoms with Crippen molar-refractivity contribution in [2.45, 2.75) is 51.8 Å². The number of thiophene rings is 1. The van der Waals surface area contributed by atoms with Crippen LogP contribution in [0.1, 0.15) is 37.6 Å². The maximum Gasteiger partial charge on any atom is 0.276 e. The molecule has 0 saturated heterocycles. The van der Waals surface area contributed by atoms with Crippen LogP contribution in [0.3, 0.4) is 0 Å². The van der Waals surface area contributed by atoms with Crippen LogP contribution in [0.15, 0.2) is 34.2 Å². The van der Waals surface area contributed by atoms with Crippen molar-refractivity contribution in [1.82, 2.24) is 20.0 Å². The first-order chi connectivity index (χ1) is 12.5. The van der Waals surface area contributed by atoms with E-state index in [4.69, 9.17) is 4.42 Å². The zero-order valence-corrected chi connectivity index (χ0v) is 17.1. The molecule has 5 nitrogen and oxygen atoms in total. The molecule has 138 valence electrons. The fourth-order valence-corrected chi connectivity index (χ4v) is 5.21. The predicted molar refractivity (Wildman–Crippen MR) is 106 cm³/mol. The summed E-state index contributed by atoms with van der Waals surface area (Å²) in [5.41, 5.74) is 1.84. The van der Waals surface area contributed by atoms with Gasteiger partial charge in [0.15, 0.2) is 0 Å². The fraction of sp³-hybridized carbons (Fsp3) is 0.526. The Bertz CT molecular complexity index is 861. The van der Waals surface area contributed by atoms with E-state index in [2.05, 4.69) is 42.1 Å². The Balaban J connectivity index is 1.41. The van der Waals surface area contributed by atoms with Crippen molar-refractivity contribution >= 4 is 23.1 Å². The largest absolute Gasteiger partial charge is 0.410 e. The zero-order valence-electron chi connectivity index (χ0n) is 15.4. The van der Waals surface area contributed by atoms with Crippen LogP contribution in [-0.4, -0.2) is 25.7 Å². The van der Waals surface area contributed by atoms with Crippen molar-refractivity contribution in [3.8, 4) is 10.8 Å². The molecule has 26 heavy (non-hydrogen) atoms. The molecule has 0 saturated carbocycles. The quantitative estimate of drug-likeness (QED) is 0.580. The van der Waals surface area contributed by atoms with Crippen LogP contribution < -0.4 is 0 Å². The molecule has 0 amide bonds. The standard InChI is InChI=1S/C19H24N4OS2/c1-19(2,3)14-5-6-15-13(11-14)12-16(26-15)17-21-22-18(24-17)25-10-9-23-8-4-7-20-23/h4,7-8,12,14H,5-6,9-11H2,1-3H3/t14-/m1/s1. The monoisotopic (exact) mass is 388 g/mol. The number of hydrogen-bond acceptors (Lipinski definition) is 6. The van der Waals surface area contributed by atoms with Gasteiger partial charge in [0.2, 0.25) is 0 Å². The molecule has 0 bridgehead atoms. The molecule has 0 aromatic carbocycles. The van der Waals surface area contributed by atoms with E-state index in [0.717, 1.165) is 29.5 Å². The smallest absolute Gasteiger partial charge is 0.276 e. The van der Waals surface area contributed by atoms with Crippen LogP contribution in [-0.2, 0) is 19.4 Å². The summed E-state index contributed by atoms with van der Waals surface area (Å²) >= 11 is 3.39. The van der Waals surface area contributed by atoms with E-state index >= 15 is 0 Å². The van der Waals surface area contributed by atoms with Gasteiger partial charge in [-0.1, -0.05) is 32.5 Å². The first-order valence-electron chi connectivity index (χ1n) is 9.05. The van der Waals surface area contributed by atoms with E-state index in [-0.39, 0.29) is 0 Å². The normalized spacial score (nSPS) is 17.4. The van der Waals surface area contributed by atoms with Gasteiger partial charge in [-0.25, -0.2) is 0 Å². The van der Waals surface area contributed by atoms with E-state index in [1.165, 1.54) is 23.3 Å². The maximum absolute atomic E-state index is 5.88. The Kier molecular flexibility index (Phi) is 4.92. The van der Waals surface area contributed by atoms with Crippen LogP contribution in [0.4, 0.5) is 0 Å². The molecule has 3 aromatic heterocycles. The molecular formula is C19H24N4OS2. The van der Waals surface area contributed by atoms with Crippen LogP contribution in [0.2, 0.25) is 0 Å². The molecule has 0 radical (unpaired) electrons. The number of rotatable bonds is 5. The number of fused-ring (bicyclic) bond motifs is 1. The van der Waals surface area contributed by atoms with Crippen molar-refractivity contribution in [1.29, 1.82) is 0 Å². The van der Waals surface area contributed by atoms with Gasteiger partial charge in [0.05, 0.1) is 11.4 Å². The highest BCUT2D eigenvalue weighted by Crippen LogP contribution is 2.42. The molecule has 0 N–H and O–H groups in total. The molecule has 1 atom stereocenters. The molecule has 0 aliphatic heterocycles. The molecule has 0 spiro atoms. The minimum atomic E-state index is 0.364. The molecule has 3 heterocycles. The number of hydrogen-bond donors (Lipinski definition) is 0. The molecule has 3 aromatic rings. The average molecular weight is 389 g/mol. The highest BCUT2D eigenvalue weighted by Gasteiger charge is 2.30. The van der Waals surface area contributed by atoms with Crippen molar-refractivity contribution in [3.63, 3.8) is 0 Å². The second-order valence-corrected chi connectivity index (χ2v) is 10.0. The van der Waals surface area contributed by atoms with Crippen molar-refractivity contribution in [2.24, 2.45) is 11.3 Å². The summed E-state index contributed by atoms with van der Waals surface area (Å²) in [6, 6.07) is 4.20. The van der Waals surface area contributed by atoms with Gasteiger partial charge >= 0.3 is 0 Å². The Morgan fingerprint density at radius 1 is 1.35 bits per heavy atom. The number of aromatic nitrogens is 4. The van der Waals surface area contributed by atoms with Gasteiger partial charge in [-0.2, -0.15) is 5.10 Å². The van der Waals surface area contributed by atoms with E-state index in [1.54, 1.807) is 18.0 Å². The summed E-state index contributed by atoms with van der Waals surface area (Å²) in [6.07, 6.45) is 7.35. The maximum atomic E-state index is 5.88. The lowest BCUT2D eigenvalue weighted by Gasteiger charge is -2.33. The average Bonchev–Trinajstić information content (AvgIpc) is 3.33. The lowest BCUT2D eigenvalue weighted by atomic mass is 9.72. The van der Waals surface area contributed by atoms with Crippen LogP contribution in [0.25, 0.3) is 10.8 Å². The number of aryl methyl sites for hydroxylation is 2. The second-order valence-electron chi connectivity index (χ2n) is 7.86. The van der Waals surface area contributed by atoms with Gasteiger partial charge < -0.3 is 4.42 Å².